The van der Waals surface area contributed by atoms with E-state index in [1.165, 1.54) is 4.90 Å². The number of piperazine rings is 1. The molecular formula is C22H25N3O3. The number of methoxy groups -OCH3 is 1. The van der Waals surface area contributed by atoms with Gasteiger partial charge in [0.25, 0.3) is 5.91 Å². The molecule has 2 aromatic carbocycles. The third kappa shape index (κ3) is 3.24. The Balaban J connectivity index is 1.46. The van der Waals surface area contributed by atoms with E-state index in [0.29, 0.717) is 5.69 Å². The van der Waals surface area contributed by atoms with Gasteiger partial charge in [-0.2, -0.15) is 0 Å². The molecule has 6 heteroatoms. The molecular weight excluding hydrogens is 354 g/mol. The smallest absolute Gasteiger partial charge is 0.251 e. The van der Waals surface area contributed by atoms with E-state index in [4.69, 9.17) is 4.74 Å². The Morgan fingerprint density at radius 2 is 1.54 bits per heavy atom. The second-order valence-corrected chi connectivity index (χ2v) is 7.27. The Bertz CT molecular complexity index is 890. The number of ether oxygens (including phenoxy) is 1. The summed E-state index contributed by atoms with van der Waals surface area (Å²) in [7, 11) is 1.68. The highest BCUT2D eigenvalue weighted by Crippen LogP contribution is 2.31. The van der Waals surface area contributed by atoms with Crippen LogP contribution < -0.4 is 14.5 Å². The number of hydrogen-bond donors (Lipinski definition) is 0. The van der Waals surface area contributed by atoms with Crippen LogP contribution in [0.1, 0.15) is 12.0 Å². The van der Waals surface area contributed by atoms with Crippen molar-refractivity contribution in [3.8, 4) is 5.75 Å². The second kappa shape index (κ2) is 7.64. The lowest BCUT2D eigenvalue weighted by Gasteiger charge is -2.38. The maximum absolute atomic E-state index is 13.0. The molecule has 4 rings (SSSR count). The molecule has 2 aliphatic rings. The molecule has 1 atom stereocenters. The number of carbonyl (C=O) groups is 2. The highest BCUT2D eigenvalue weighted by molar-refractivity contribution is 6.22. The third-order valence-electron chi connectivity index (χ3n) is 5.66. The van der Waals surface area contributed by atoms with E-state index in [1.54, 1.807) is 7.11 Å². The Morgan fingerprint density at radius 1 is 0.893 bits per heavy atom. The molecule has 28 heavy (non-hydrogen) atoms. The summed E-state index contributed by atoms with van der Waals surface area (Å²) < 4.78 is 5.47. The zero-order chi connectivity index (χ0) is 19.7. The number of amides is 2. The average molecular weight is 379 g/mol. The number of nitrogens with zero attached hydrogens (tertiary/aromatic N) is 3. The van der Waals surface area contributed by atoms with Gasteiger partial charge >= 0.3 is 0 Å². The predicted octanol–water partition coefficient (Wildman–Crippen LogP) is 2.46. The number of aryl methyl sites for hydroxylation is 1. The molecule has 2 aliphatic heterocycles. The monoisotopic (exact) mass is 379 g/mol. The Hall–Kier alpha value is -2.86. The summed E-state index contributed by atoms with van der Waals surface area (Å²) in [6.45, 7) is 4.99. The first-order valence-corrected chi connectivity index (χ1v) is 9.64. The first-order valence-electron chi connectivity index (χ1n) is 9.64. The fraction of sp³-hybridized carbons (Fsp3) is 0.364. The largest absolute Gasteiger partial charge is 0.495 e. The van der Waals surface area contributed by atoms with Gasteiger partial charge in [-0.15, -0.1) is 0 Å². The summed E-state index contributed by atoms with van der Waals surface area (Å²) >= 11 is 0. The van der Waals surface area contributed by atoms with Crippen LogP contribution in [0, 0.1) is 6.92 Å². The fourth-order valence-electron chi connectivity index (χ4n) is 4.13. The van der Waals surface area contributed by atoms with Gasteiger partial charge in [0.15, 0.2) is 0 Å². The van der Waals surface area contributed by atoms with E-state index in [-0.39, 0.29) is 24.3 Å². The summed E-state index contributed by atoms with van der Waals surface area (Å²) in [5.41, 5.74) is 2.71. The topological polar surface area (TPSA) is 53.1 Å². The molecule has 0 spiro atoms. The number of hydrogen-bond acceptors (Lipinski definition) is 5. The van der Waals surface area contributed by atoms with Crippen molar-refractivity contribution in [1.29, 1.82) is 0 Å². The van der Waals surface area contributed by atoms with Gasteiger partial charge < -0.3 is 9.64 Å². The third-order valence-corrected chi connectivity index (χ3v) is 5.66. The molecule has 2 aromatic rings. The molecule has 0 N–H and O–H groups in total. The fourth-order valence-corrected chi connectivity index (χ4v) is 4.13. The summed E-state index contributed by atoms with van der Waals surface area (Å²) in [6.07, 6.45) is 0.252. The number of para-hydroxylation sites is 3. The van der Waals surface area contributed by atoms with Gasteiger partial charge in [-0.3, -0.25) is 14.5 Å². The van der Waals surface area contributed by atoms with Crippen molar-refractivity contribution < 1.29 is 14.3 Å². The van der Waals surface area contributed by atoms with Gasteiger partial charge in [-0.25, -0.2) is 4.90 Å². The van der Waals surface area contributed by atoms with E-state index >= 15 is 0 Å². The van der Waals surface area contributed by atoms with Crippen molar-refractivity contribution in [2.24, 2.45) is 0 Å². The minimum Gasteiger partial charge on any atom is -0.495 e. The van der Waals surface area contributed by atoms with Gasteiger partial charge in [0, 0.05) is 26.2 Å². The van der Waals surface area contributed by atoms with E-state index in [0.717, 1.165) is 43.2 Å². The minimum atomic E-state index is -0.369. The molecule has 0 aromatic heterocycles. The lowest BCUT2D eigenvalue weighted by atomic mass is 10.1. The maximum Gasteiger partial charge on any atom is 0.251 e. The van der Waals surface area contributed by atoms with Gasteiger partial charge in [-0.1, -0.05) is 30.3 Å². The Morgan fingerprint density at radius 3 is 2.21 bits per heavy atom. The molecule has 0 radical (unpaired) electrons. The molecule has 0 bridgehead atoms. The molecule has 2 heterocycles. The Kier molecular flexibility index (Phi) is 5.05. The SMILES string of the molecule is COc1ccccc1N1CCN([C@@H]2CC(=O)N(c3ccccc3C)C2=O)CC1. The standard InChI is InChI=1S/C22H25N3O3/c1-16-7-3-4-8-17(16)25-21(26)15-19(22(25)27)24-13-11-23(12-14-24)18-9-5-6-10-20(18)28-2/h3-10,19H,11-15H2,1-2H3/t19-/m1/s1. The molecule has 2 saturated heterocycles. The Labute approximate surface area is 165 Å². The van der Waals surface area contributed by atoms with Crippen LogP contribution in [0.3, 0.4) is 0 Å². The van der Waals surface area contributed by atoms with E-state index in [2.05, 4.69) is 15.9 Å². The van der Waals surface area contributed by atoms with Gasteiger partial charge in [0.1, 0.15) is 5.75 Å². The first kappa shape index (κ1) is 18.5. The van der Waals surface area contributed by atoms with Gasteiger partial charge in [0.05, 0.1) is 30.9 Å². The zero-order valence-corrected chi connectivity index (χ0v) is 16.3. The molecule has 146 valence electrons. The van der Waals surface area contributed by atoms with Crippen molar-refractivity contribution in [2.45, 2.75) is 19.4 Å². The quantitative estimate of drug-likeness (QED) is 0.764. The van der Waals surface area contributed by atoms with Crippen LogP contribution in [0.25, 0.3) is 0 Å². The lowest BCUT2D eigenvalue weighted by Crippen LogP contribution is -2.52. The van der Waals surface area contributed by atoms with Gasteiger partial charge in [0.2, 0.25) is 5.91 Å². The van der Waals surface area contributed by atoms with Crippen LogP contribution in [0.5, 0.6) is 5.75 Å². The van der Waals surface area contributed by atoms with Crippen molar-refractivity contribution in [3.05, 3.63) is 54.1 Å². The van der Waals surface area contributed by atoms with E-state index in [1.807, 2.05) is 49.4 Å². The number of rotatable bonds is 4. The van der Waals surface area contributed by atoms with Crippen molar-refractivity contribution in [2.75, 3.05) is 43.1 Å². The zero-order valence-electron chi connectivity index (χ0n) is 16.3. The van der Waals surface area contributed by atoms with E-state index < -0.39 is 0 Å². The first-order chi connectivity index (χ1) is 13.6. The lowest BCUT2D eigenvalue weighted by molar-refractivity contribution is -0.123. The van der Waals surface area contributed by atoms with Crippen molar-refractivity contribution >= 4 is 23.2 Å². The molecule has 0 saturated carbocycles. The molecule has 0 unspecified atom stereocenters. The van der Waals surface area contributed by atoms with Crippen molar-refractivity contribution in [1.82, 2.24) is 4.90 Å². The summed E-state index contributed by atoms with van der Waals surface area (Å²) in [6, 6.07) is 15.2. The molecule has 6 nitrogen and oxygen atoms in total. The minimum absolute atomic E-state index is 0.106. The summed E-state index contributed by atoms with van der Waals surface area (Å²) in [5.74, 6) is 0.635. The van der Waals surface area contributed by atoms with Crippen LogP contribution in [0.15, 0.2) is 48.5 Å². The maximum atomic E-state index is 13.0. The van der Waals surface area contributed by atoms with Crippen LogP contribution in [0.2, 0.25) is 0 Å². The second-order valence-electron chi connectivity index (χ2n) is 7.27. The number of anilines is 2. The molecule has 2 fully saturated rings. The summed E-state index contributed by atoms with van der Waals surface area (Å²) in [4.78, 5) is 31.4. The number of imide groups is 1. The highest BCUT2D eigenvalue weighted by Gasteiger charge is 2.43. The average Bonchev–Trinajstić information content (AvgIpc) is 3.02. The van der Waals surface area contributed by atoms with Crippen LogP contribution in [0.4, 0.5) is 11.4 Å². The number of benzene rings is 2. The van der Waals surface area contributed by atoms with Crippen molar-refractivity contribution in [3.63, 3.8) is 0 Å². The molecule has 2 amide bonds. The predicted molar refractivity (Wildman–Crippen MR) is 109 cm³/mol. The van der Waals surface area contributed by atoms with Gasteiger partial charge in [-0.05, 0) is 30.7 Å². The summed E-state index contributed by atoms with van der Waals surface area (Å²) in [5, 5.41) is 0. The molecule has 0 aliphatic carbocycles. The van der Waals surface area contributed by atoms with Crippen LogP contribution in [-0.4, -0.2) is 56.0 Å². The highest BCUT2D eigenvalue weighted by atomic mass is 16.5. The number of carbonyl (C=O) groups excluding carboxylic acids is 2. The normalized spacial score (nSPS) is 20.7. The van der Waals surface area contributed by atoms with Crippen LogP contribution in [-0.2, 0) is 9.59 Å². The van der Waals surface area contributed by atoms with E-state index in [9.17, 15) is 9.59 Å². The van der Waals surface area contributed by atoms with Crippen LogP contribution >= 0.6 is 0 Å².